The third-order valence-corrected chi connectivity index (χ3v) is 5.35. The van der Waals surface area contributed by atoms with Gasteiger partial charge in [0.15, 0.2) is 5.16 Å². The molecule has 3 rings (SSSR count). The van der Waals surface area contributed by atoms with Gasteiger partial charge in [0.2, 0.25) is 5.91 Å². The molecule has 2 N–H and O–H groups in total. The van der Waals surface area contributed by atoms with E-state index in [1.165, 1.54) is 11.8 Å². The van der Waals surface area contributed by atoms with Gasteiger partial charge in [-0.15, -0.1) is 10.2 Å². The van der Waals surface area contributed by atoms with Crippen LogP contribution in [0.3, 0.4) is 0 Å². The van der Waals surface area contributed by atoms with E-state index in [9.17, 15) is 9.59 Å². The molecule has 9 heteroatoms. The molecular weight excluding hydrogens is 400 g/mol. The van der Waals surface area contributed by atoms with Crippen molar-refractivity contribution in [1.82, 2.24) is 20.1 Å². The van der Waals surface area contributed by atoms with Crippen LogP contribution in [0.15, 0.2) is 60.0 Å². The maximum atomic E-state index is 12.5. The Bertz CT molecular complexity index is 1020. The minimum atomic E-state index is -0.198. The first-order chi connectivity index (χ1) is 14.4. The van der Waals surface area contributed by atoms with Crippen LogP contribution in [0.2, 0.25) is 0 Å². The predicted molar refractivity (Wildman–Crippen MR) is 119 cm³/mol. The summed E-state index contributed by atoms with van der Waals surface area (Å²) in [5.41, 5.74) is 3.17. The van der Waals surface area contributed by atoms with E-state index in [-0.39, 0.29) is 17.6 Å². The van der Waals surface area contributed by atoms with Gasteiger partial charge >= 0.3 is 0 Å². The highest BCUT2D eigenvalue weighted by atomic mass is 32.2. The lowest BCUT2D eigenvalue weighted by molar-refractivity contribution is -0.113. The molecular formula is C21H24N6O2S. The summed E-state index contributed by atoms with van der Waals surface area (Å²) in [7, 11) is 5.78. The first kappa shape index (κ1) is 21.4. The third-order valence-electron chi connectivity index (χ3n) is 4.32. The second-order valence-electron chi connectivity index (χ2n) is 6.89. The molecule has 0 aliphatic heterocycles. The Morgan fingerprint density at radius 2 is 1.90 bits per heavy atom. The van der Waals surface area contributed by atoms with E-state index in [0.29, 0.717) is 23.0 Å². The number of hydrogen-bond donors (Lipinski definition) is 2. The highest BCUT2D eigenvalue weighted by Crippen LogP contribution is 2.16. The molecule has 3 aromatic rings. The molecule has 156 valence electrons. The van der Waals surface area contributed by atoms with E-state index < -0.39 is 0 Å². The molecule has 0 fully saturated rings. The van der Waals surface area contributed by atoms with Gasteiger partial charge in [-0.2, -0.15) is 0 Å². The van der Waals surface area contributed by atoms with Crippen LogP contribution in [-0.2, 0) is 18.4 Å². The Labute approximate surface area is 179 Å². The molecule has 2 amide bonds. The van der Waals surface area contributed by atoms with Gasteiger partial charge in [-0.1, -0.05) is 30.0 Å². The Kier molecular flexibility index (Phi) is 7.08. The minimum absolute atomic E-state index is 0.179. The molecule has 0 aliphatic carbocycles. The van der Waals surface area contributed by atoms with Crippen LogP contribution in [0.5, 0.6) is 0 Å². The van der Waals surface area contributed by atoms with Gasteiger partial charge in [0.25, 0.3) is 5.91 Å². The van der Waals surface area contributed by atoms with Gasteiger partial charge in [-0.05, 0) is 35.9 Å². The highest BCUT2D eigenvalue weighted by molar-refractivity contribution is 7.99. The van der Waals surface area contributed by atoms with Crippen LogP contribution >= 0.6 is 11.8 Å². The summed E-state index contributed by atoms with van der Waals surface area (Å²) < 4.78 is 1.75. The van der Waals surface area contributed by atoms with Crippen molar-refractivity contribution < 1.29 is 9.59 Å². The van der Waals surface area contributed by atoms with Crippen molar-refractivity contribution in [2.24, 2.45) is 7.05 Å². The second kappa shape index (κ2) is 9.93. The molecule has 0 saturated heterocycles. The first-order valence-corrected chi connectivity index (χ1v) is 10.3. The van der Waals surface area contributed by atoms with Gasteiger partial charge in [0.1, 0.15) is 6.33 Å². The molecule has 0 bridgehead atoms. The number of carbonyl (C=O) groups excluding carboxylic acids is 2. The number of hydrogen-bond acceptors (Lipinski definition) is 6. The second-order valence-corrected chi connectivity index (χ2v) is 7.83. The van der Waals surface area contributed by atoms with E-state index in [0.717, 1.165) is 11.3 Å². The molecule has 30 heavy (non-hydrogen) atoms. The van der Waals surface area contributed by atoms with Crippen LogP contribution in [0.1, 0.15) is 15.9 Å². The fourth-order valence-electron chi connectivity index (χ4n) is 2.66. The number of rotatable bonds is 8. The summed E-state index contributed by atoms with van der Waals surface area (Å²) in [5, 5.41) is 14.1. The van der Waals surface area contributed by atoms with E-state index in [1.54, 1.807) is 35.2 Å². The van der Waals surface area contributed by atoms with Gasteiger partial charge < -0.3 is 20.1 Å². The van der Waals surface area contributed by atoms with E-state index in [2.05, 4.69) is 20.8 Å². The summed E-state index contributed by atoms with van der Waals surface area (Å²) >= 11 is 1.29. The van der Waals surface area contributed by atoms with E-state index >= 15 is 0 Å². The van der Waals surface area contributed by atoms with Crippen molar-refractivity contribution in [3.63, 3.8) is 0 Å². The molecule has 0 atom stereocenters. The summed E-state index contributed by atoms with van der Waals surface area (Å²) in [6, 6.07) is 14.9. The number of nitrogens with zero attached hydrogens (tertiary/aromatic N) is 4. The lowest BCUT2D eigenvalue weighted by Gasteiger charge is -2.13. The van der Waals surface area contributed by atoms with Gasteiger partial charge in [0.05, 0.1) is 5.75 Å². The van der Waals surface area contributed by atoms with Crippen molar-refractivity contribution in [1.29, 1.82) is 0 Å². The zero-order chi connectivity index (χ0) is 21.5. The lowest BCUT2D eigenvalue weighted by atomic mass is 10.1. The van der Waals surface area contributed by atoms with Crippen molar-refractivity contribution >= 4 is 35.0 Å². The Balaban J connectivity index is 1.52. The van der Waals surface area contributed by atoms with Crippen LogP contribution in [0.25, 0.3) is 0 Å². The largest absolute Gasteiger partial charge is 0.378 e. The summed E-state index contributed by atoms with van der Waals surface area (Å²) in [4.78, 5) is 26.7. The molecule has 1 heterocycles. The average molecular weight is 425 g/mol. The molecule has 0 spiro atoms. The quantitative estimate of drug-likeness (QED) is 0.540. The van der Waals surface area contributed by atoms with Crippen molar-refractivity contribution in [3.8, 4) is 0 Å². The van der Waals surface area contributed by atoms with Crippen LogP contribution in [0, 0.1) is 0 Å². The predicted octanol–water partition coefficient (Wildman–Crippen LogP) is 2.54. The summed E-state index contributed by atoms with van der Waals surface area (Å²) in [5.74, 6) is -0.177. The zero-order valence-corrected chi connectivity index (χ0v) is 17.9. The number of amides is 2. The Hall–Kier alpha value is -3.33. The van der Waals surface area contributed by atoms with Gasteiger partial charge in [-0.3, -0.25) is 9.59 Å². The third kappa shape index (κ3) is 5.84. The SMILES string of the molecule is CN(C)c1ccc(CNC(=O)c2cccc(NC(=O)CSc3nncn3C)c2)cc1. The topological polar surface area (TPSA) is 92.2 Å². The molecule has 0 saturated carbocycles. The maximum Gasteiger partial charge on any atom is 0.251 e. The normalized spacial score (nSPS) is 10.5. The van der Waals surface area contributed by atoms with E-state index in [1.807, 2.05) is 50.3 Å². The molecule has 0 radical (unpaired) electrons. The zero-order valence-electron chi connectivity index (χ0n) is 17.1. The molecule has 1 aromatic heterocycles. The standard InChI is InChI=1S/C21H24N6O2S/c1-26(2)18-9-7-15(8-10-18)12-22-20(29)16-5-4-6-17(11-16)24-19(28)13-30-21-25-23-14-27(21)3/h4-11,14H,12-13H2,1-3H3,(H,22,29)(H,24,28). The van der Waals surface area contributed by atoms with E-state index in [4.69, 9.17) is 0 Å². The lowest BCUT2D eigenvalue weighted by Crippen LogP contribution is -2.23. The summed E-state index contributed by atoms with van der Waals surface area (Å²) in [6.45, 7) is 0.428. The number of anilines is 2. The number of aromatic nitrogens is 3. The van der Waals surface area contributed by atoms with Crippen molar-refractivity contribution in [2.75, 3.05) is 30.1 Å². The maximum absolute atomic E-state index is 12.5. The first-order valence-electron chi connectivity index (χ1n) is 9.33. The molecule has 0 aliphatic rings. The highest BCUT2D eigenvalue weighted by Gasteiger charge is 2.10. The Morgan fingerprint density at radius 3 is 2.57 bits per heavy atom. The number of nitrogens with one attached hydrogen (secondary N) is 2. The Morgan fingerprint density at radius 1 is 1.13 bits per heavy atom. The average Bonchev–Trinajstić information content (AvgIpc) is 3.15. The van der Waals surface area contributed by atoms with Gasteiger partial charge in [-0.25, -0.2) is 0 Å². The molecule has 8 nitrogen and oxygen atoms in total. The minimum Gasteiger partial charge on any atom is -0.378 e. The van der Waals surface area contributed by atoms with Crippen LogP contribution in [-0.4, -0.2) is 46.4 Å². The van der Waals surface area contributed by atoms with Crippen molar-refractivity contribution in [3.05, 3.63) is 66.0 Å². The van der Waals surface area contributed by atoms with Gasteiger partial charge in [0, 0.05) is 44.6 Å². The molecule has 2 aromatic carbocycles. The summed E-state index contributed by atoms with van der Waals surface area (Å²) in [6.07, 6.45) is 1.58. The van der Waals surface area contributed by atoms with Crippen molar-refractivity contribution in [2.45, 2.75) is 11.7 Å². The smallest absolute Gasteiger partial charge is 0.251 e. The van der Waals surface area contributed by atoms with Crippen LogP contribution in [0.4, 0.5) is 11.4 Å². The number of thioether (sulfide) groups is 1. The number of carbonyl (C=O) groups is 2. The monoisotopic (exact) mass is 424 g/mol. The number of aryl methyl sites for hydroxylation is 1. The fraction of sp³-hybridized carbons (Fsp3) is 0.238. The van der Waals surface area contributed by atoms with Crippen LogP contribution < -0.4 is 15.5 Å². The molecule has 0 unspecified atom stereocenters. The fourth-order valence-corrected chi connectivity index (χ4v) is 3.35. The number of benzene rings is 2.